The molecule has 1 fully saturated rings. The van der Waals surface area contributed by atoms with E-state index in [2.05, 4.69) is 15.1 Å². The first-order valence-corrected chi connectivity index (χ1v) is 12.2. The number of carbonyl (C=O) groups excluding carboxylic acids is 2. The fourth-order valence-electron chi connectivity index (χ4n) is 3.61. The van der Waals surface area contributed by atoms with E-state index in [0.29, 0.717) is 0 Å². The highest BCUT2D eigenvalue weighted by Crippen LogP contribution is 2.40. The highest BCUT2D eigenvalue weighted by atomic mass is 31.2. The first-order valence-electron chi connectivity index (χ1n) is 10.6. The summed E-state index contributed by atoms with van der Waals surface area (Å²) in [4.78, 5) is 42.1. The van der Waals surface area contributed by atoms with Crippen molar-refractivity contribution in [3.63, 3.8) is 0 Å². The highest BCUT2D eigenvalue weighted by Gasteiger charge is 2.45. The number of carbonyl (C=O) groups is 2. The van der Waals surface area contributed by atoms with Crippen LogP contribution < -0.4 is 16.6 Å². The smallest absolute Gasteiger partial charge is 0.403 e. The number of rotatable bonds is 9. The Morgan fingerprint density at radius 3 is 2.54 bits per heavy atom. The zero-order chi connectivity index (χ0) is 26.2. The average Bonchev–Trinajstić information content (AvgIpc) is 3.24. The molecule has 0 radical (unpaired) electrons. The predicted molar refractivity (Wildman–Crippen MR) is 121 cm³/mol. The number of esters is 1. The van der Waals surface area contributed by atoms with E-state index in [1.807, 2.05) is 0 Å². The van der Waals surface area contributed by atoms with E-state index in [9.17, 15) is 29.3 Å². The van der Waals surface area contributed by atoms with Crippen LogP contribution in [0.4, 0.5) is 5.82 Å². The number of hydrogen-bond acceptors (Lipinski definition) is 11. The van der Waals surface area contributed by atoms with Gasteiger partial charge in [0, 0.05) is 6.20 Å². The summed E-state index contributed by atoms with van der Waals surface area (Å²) in [6, 6.07) is -1.16. The van der Waals surface area contributed by atoms with Crippen LogP contribution in [0.15, 0.2) is 6.20 Å². The minimum atomic E-state index is -4.53. The Labute approximate surface area is 200 Å². The van der Waals surface area contributed by atoms with Gasteiger partial charge in [-0.25, -0.2) is 19.6 Å². The summed E-state index contributed by atoms with van der Waals surface area (Å²) in [5.41, 5.74) is 11.5. The van der Waals surface area contributed by atoms with E-state index in [1.54, 1.807) is 20.8 Å². The Bertz CT molecular complexity index is 1170. The Morgan fingerprint density at radius 2 is 1.94 bits per heavy atom. The molecule has 1 saturated heterocycles. The monoisotopic (exact) mass is 516 g/mol. The van der Waals surface area contributed by atoms with Gasteiger partial charge in [0.2, 0.25) is 0 Å². The van der Waals surface area contributed by atoms with Gasteiger partial charge in [0.25, 0.3) is 5.91 Å². The predicted octanol–water partition coefficient (Wildman–Crippen LogP) is -0.913. The summed E-state index contributed by atoms with van der Waals surface area (Å²) in [5.74, 6) is -1.31. The lowest BCUT2D eigenvalue weighted by Gasteiger charge is -2.21. The van der Waals surface area contributed by atoms with Gasteiger partial charge in [-0.3, -0.25) is 14.1 Å². The molecule has 3 heterocycles. The second-order valence-corrected chi connectivity index (χ2v) is 9.93. The van der Waals surface area contributed by atoms with Crippen LogP contribution in [0.25, 0.3) is 11.0 Å². The second kappa shape index (κ2) is 10.1. The lowest BCUT2D eigenvalue weighted by atomic mass is 10.1. The van der Waals surface area contributed by atoms with Gasteiger partial charge in [-0.15, -0.1) is 0 Å². The van der Waals surface area contributed by atoms with Crippen molar-refractivity contribution in [2.75, 3.05) is 12.3 Å². The molecular weight excluding hydrogens is 487 g/mol. The third kappa shape index (κ3) is 5.78. The number of aliphatic hydroxyl groups is 2. The number of ether oxygens (including phenoxy) is 2. The third-order valence-electron chi connectivity index (χ3n) is 5.16. The van der Waals surface area contributed by atoms with Crippen molar-refractivity contribution >= 4 is 36.5 Å². The van der Waals surface area contributed by atoms with Crippen LogP contribution in [-0.4, -0.2) is 78.6 Å². The van der Waals surface area contributed by atoms with E-state index in [0.717, 1.165) is 0 Å². The number of primary amides is 1. The van der Waals surface area contributed by atoms with Crippen molar-refractivity contribution in [3.05, 3.63) is 17.6 Å². The second-order valence-electron chi connectivity index (χ2n) is 8.37. The fraction of sp³-hybridized carbons (Fsp3) is 0.579. The van der Waals surface area contributed by atoms with Gasteiger partial charge < -0.3 is 40.6 Å². The molecule has 0 aromatic carbocycles. The van der Waals surface area contributed by atoms with Crippen molar-refractivity contribution in [1.82, 2.24) is 19.6 Å². The molecule has 194 valence electrons. The Balaban J connectivity index is 1.77. The number of nitrogen functional groups attached to an aromatic ring is 1. The van der Waals surface area contributed by atoms with Crippen molar-refractivity contribution < 1.29 is 43.3 Å². The number of aromatic nitrogens is 3. The van der Waals surface area contributed by atoms with Crippen LogP contribution in [0.3, 0.4) is 0 Å². The molecule has 1 amide bonds. The first-order chi connectivity index (χ1) is 16.2. The van der Waals surface area contributed by atoms with Gasteiger partial charge in [-0.1, -0.05) is 0 Å². The maximum atomic E-state index is 12.4. The van der Waals surface area contributed by atoms with Gasteiger partial charge in [0.1, 0.15) is 41.6 Å². The number of nitrogens with zero attached hydrogens (tertiary/aromatic N) is 3. The molecule has 16 heteroatoms. The molecular formula is C19H29N6O9P. The lowest BCUT2D eigenvalue weighted by molar-refractivity contribution is -0.149. The summed E-state index contributed by atoms with van der Waals surface area (Å²) in [7, 11) is -4.53. The molecule has 8 N–H and O–H groups in total. The Morgan fingerprint density at radius 1 is 1.29 bits per heavy atom. The number of anilines is 1. The maximum absolute atomic E-state index is 12.4. The fourth-order valence-corrected chi connectivity index (χ4v) is 4.63. The number of hydrogen-bond donors (Lipinski definition) is 6. The zero-order valence-electron chi connectivity index (χ0n) is 19.5. The van der Waals surface area contributed by atoms with Gasteiger partial charge in [0.05, 0.1) is 23.7 Å². The standard InChI is InChI=1S/C19H29N6O9P/c1-7(2)33-19(29)8(3)24-35(30,31)32-6-11-13(26)14(27)18(34-11)25-5-10(16(21)28)12-15(20)22-9(4)23-17(12)25/h5,7-8,11,13-14,18,26-27H,6H2,1-4H3,(H2,21,28)(H2,20,22,23)(H2,24,30,31)/t8-,11+,13+,14+,18+/m0/s1. The van der Waals surface area contributed by atoms with Crippen molar-refractivity contribution in [1.29, 1.82) is 0 Å². The summed E-state index contributed by atoms with van der Waals surface area (Å²) < 4.78 is 29.3. The molecule has 1 unspecified atom stereocenters. The quantitative estimate of drug-likeness (QED) is 0.175. The average molecular weight is 516 g/mol. The van der Waals surface area contributed by atoms with Crippen LogP contribution in [0.5, 0.6) is 0 Å². The zero-order valence-corrected chi connectivity index (χ0v) is 20.4. The van der Waals surface area contributed by atoms with Crippen molar-refractivity contribution in [2.45, 2.75) is 64.4 Å². The van der Waals surface area contributed by atoms with Crippen LogP contribution >= 0.6 is 7.75 Å². The summed E-state index contributed by atoms with van der Waals surface area (Å²) in [6.07, 6.45) is -4.77. The summed E-state index contributed by atoms with van der Waals surface area (Å²) >= 11 is 0. The van der Waals surface area contributed by atoms with Gasteiger partial charge in [0.15, 0.2) is 6.23 Å². The third-order valence-corrected chi connectivity index (χ3v) is 6.38. The van der Waals surface area contributed by atoms with E-state index in [-0.39, 0.29) is 28.2 Å². The van der Waals surface area contributed by atoms with E-state index in [4.69, 9.17) is 25.5 Å². The molecule has 3 rings (SSSR count). The lowest BCUT2D eigenvalue weighted by Crippen LogP contribution is -2.37. The maximum Gasteiger partial charge on any atom is 0.403 e. The topological polar surface area (TPSA) is 234 Å². The minimum Gasteiger partial charge on any atom is -0.462 e. The van der Waals surface area contributed by atoms with E-state index in [1.165, 1.54) is 17.7 Å². The van der Waals surface area contributed by atoms with Crippen LogP contribution in [0.2, 0.25) is 0 Å². The molecule has 0 saturated carbocycles. The van der Waals surface area contributed by atoms with Crippen molar-refractivity contribution in [2.24, 2.45) is 5.73 Å². The molecule has 0 aliphatic carbocycles. The Hall–Kier alpha value is -2.65. The number of aryl methyl sites for hydroxylation is 1. The molecule has 1 aliphatic rings. The molecule has 0 spiro atoms. The summed E-state index contributed by atoms with van der Waals surface area (Å²) in [5, 5.41) is 23.4. The minimum absolute atomic E-state index is 0.00891. The molecule has 0 bridgehead atoms. The van der Waals surface area contributed by atoms with E-state index < -0.39 is 62.9 Å². The number of aliphatic hydroxyl groups excluding tert-OH is 2. The molecule has 1 aliphatic heterocycles. The number of amides is 1. The van der Waals surface area contributed by atoms with Gasteiger partial charge in [-0.2, -0.15) is 0 Å². The molecule has 15 nitrogen and oxygen atoms in total. The summed E-state index contributed by atoms with van der Waals surface area (Å²) in [6.45, 7) is 5.52. The van der Waals surface area contributed by atoms with Gasteiger partial charge in [-0.05, 0) is 27.7 Å². The Kier molecular flexibility index (Phi) is 7.81. The first kappa shape index (κ1) is 26.9. The molecule has 6 atom stereocenters. The SMILES string of the molecule is Cc1nc(N)c2c(C(N)=O)cn([C@@H]3O[C@H](COP(=O)(O)N[C@@H](C)C(=O)OC(C)C)[C@@H](O)[C@H]3O)c2n1. The molecule has 35 heavy (non-hydrogen) atoms. The number of nitrogens with one attached hydrogen (secondary N) is 1. The number of fused-ring (bicyclic) bond motifs is 1. The van der Waals surface area contributed by atoms with E-state index >= 15 is 0 Å². The largest absolute Gasteiger partial charge is 0.462 e. The van der Waals surface area contributed by atoms with Crippen LogP contribution in [-0.2, 0) is 23.4 Å². The van der Waals surface area contributed by atoms with Crippen LogP contribution in [0.1, 0.15) is 43.2 Å². The highest BCUT2D eigenvalue weighted by molar-refractivity contribution is 7.50. The van der Waals surface area contributed by atoms with Crippen LogP contribution in [0, 0.1) is 6.92 Å². The van der Waals surface area contributed by atoms with Crippen molar-refractivity contribution in [3.8, 4) is 0 Å². The normalized spacial score (nSPS) is 25.0. The molecule has 2 aromatic heterocycles. The van der Waals surface area contributed by atoms with Gasteiger partial charge >= 0.3 is 13.7 Å². The molecule has 2 aromatic rings. The number of nitrogens with two attached hydrogens (primary N) is 2.